The van der Waals surface area contributed by atoms with Crippen LogP contribution in [0.25, 0.3) is 10.6 Å². The Hall–Kier alpha value is -1.29. The van der Waals surface area contributed by atoms with E-state index in [4.69, 9.17) is 0 Å². The molecule has 11 heavy (non-hydrogen) atoms. The molecule has 4 heteroatoms. The standard InChI is InChI=1S/C7H5N3S/c1-2-6(4-8-3-1)7-10-9-5-11-7/h1-5H. The summed E-state index contributed by atoms with van der Waals surface area (Å²) in [5.74, 6) is 0. The first-order chi connectivity index (χ1) is 5.47. The third kappa shape index (κ3) is 1.25. The van der Waals surface area contributed by atoms with E-state index < -0.39 is 0 Å². The van der Waals surface area contributed by atoms with E-state index in [2.05, 4.69) is 15.2 Å². The highest BCUT2D eigenvalue weighted by molar-refractivity contribution is 7.12. The number of nitrogens with zero attached hydrogens (tertiary/aromatic N) is 3. The Labute approximate surface area is 67.8 Å². The summed E-state index contributed by atoms with van der Waals surface area (Å²) in [6.45, 7) is 0. The topological polar surface area (TPSA) is 38.7 Å². The maximum atomic E-state index is 3.98. The molecule has 0 saturated carbocycles. The predicted octanol–water partition coefficient (Wildman–Crippen LogP) is 1.60. The first-order valence-corrected chi connectivity index (χ1v) is 4.01. The quantitative estimate of drug-likeness (QED) is 0.641. The van der Waals surface area contributed by atoms with Crippen LogP contribution >= 0.6 is 11.3 Å². The normalized spacial score (nSPS) is 9.82. The molecule has 0 bridgehead atoms. The Balaban J connectivity index is 2.46. The molecule has 0 N–H and O–H groups in total. The molecule has 54 valence electrons. The first-order valence-electron chi connectivity index (χ1n) is 3.13. The Kier molecular flexibility index (Phi) is 1.61. The molecule has 0 saturated heterocycles. The van der Waals surface area contributed by atoms with Gasteiger partial charge >= 0.3 is 0 Å². The van der Waals surface area contributed by atoms with Gasteiger partial charge in [0.25, 0.3) is 0 Å². The summed E-state index contributed by atoms with van der Waals surface area (Å²) in [6, 6.07) is 3.85. The number of hydrogen-bond donors (Lipinski definition) is 0. The number of pyridine rings is 1. The third-order valence-corrected chi connectivity index (χ3v) is 2.01. The summed E-state index contributed by atoms with van der Waals surface area (Å²) in [5, 5.41) is 8.57. The summed E-state index contributed by atoms with van der Waals surface area (Å²) in [5.41, 5.74) is 2.73. The lowest BCUT2D eigenvalue weighted by atomic mass is 10.3. The van der Waals surface area contributed by atoms with Gasteiger partial charge in [-0.25, -0.2) is 0 Å². The molecule has 0 unspecified atom stereocenters. The lowest BCUT2D eigenvalue weighted by Crippen LogP contribution is -1.76. The minimum atomic E-state index is 0.915. The maximum absolute atomic E-state index is 3.98. The second kappa shape index (κ2) is 2.75. The van der Waals surface area contributed by atoms with Crippen LogP contribution < -0.4 is 0 Å². The van der Waals surface area contributed by atoms with Crippen molar-refractivity contribution in [1.29, 1.82) is 0 Å². The number of rotatable bonds is 1. The summed E-state index contributed by atoms with van der Waals surface area (Å²) < 4.78 is 0. The largest absolute Gasteiger partial charge is 0.264 e. The fourth-order valence-electron chi connectivity index (χ4n) is 0.788. The molecular formula is C7H5N3S. The van der Waals surface area contributed by atoms with E-state index in [0.717, 1.165) is 10.6 Å². The SMILES string of the molecule is c1cncc(-c2nncs2)c1. The highest BCUT2D eigenvalue weighted by Crippen LogP contribution is 2.17. The van der Waals surface area contributed by atoms with E-state index in [-0.39, 0.29) is 0 Å². The van der Waals surface area contributed by atoms with Crippen LogP contribution in [0, 0.1) is 0 Å². The molecule has 0 fully saturated rings. The van der Waals surface area contributed by atoms with Gasteiger partial charge in [-0.2, -0.15) is 0 Å². The van der Waals surface area contributed by atoms with Crippen LogP contribution in [0.5, 0.6) is 0 Å². The van der Waals surface area contributed by atoms with Crippen molar-refractivity contribution in [2.75, 3.05) is 0 Å². The van der Waals surface area contributed by atoms with E-state index in [1.165, 1.54) is 11.3 Å². The molecule has 0 aromatic carbocycles. The molecule has 0 amide bonds. The van der Waals surface area contributed by atoms with Gasteiger partial charge in [-0.1, -0.05) is 11.3 Å². The van der Waals surface area contributed by atoms with Crippen molar-refractivity contribution in [2.45, 2.75) is 0 Å². The van der Waals surface area contributed by atoms with E-state index >= 15 is 0 Å². The first kappa shape index (κ1) is 6.42. The lowest BCUT2D eigenvalue weighted by molar-refractivity contribution is 1.09. The monoisotopic (exact) mass is 163 g/mol. The molecule has 2 rings (SSSR count). The zero-order chi connectivity index (χ0) is 7.52. The van der Waals surface area contributed by atoms with Gasteiger partial charge in [0, 0.05) is 18.0 Å². The summed E-state index contributed by atoms with van der Waals surface area (Å²) in [4.78, 5) is 3.98. The highest BCUT2D eigenvalue weighted by atomic mass is 32.1. The zero-order valence-corrected chi connectivity index (χ0v) is 6.45. The Bertz CT molecular complexity index is 317. The minimum absolute atomic E-state index is 0.915. The van der Waals surface area contributed by atoms with E-state index in [0.29, 0.717) is 0 Å². The van der Waals surface area contributed by atoms with Crippen LogP contribution in [-0.2, 0) is 0 Å². The molecular weight excluding hydrogens is 158 g/mol. The van der Waals surface area contributed by atoms with Gasteiger partial charge in [0.05, 0.1) is 0 Å². The molecule has 0 aliphatic heterocycles. The second-order valence-corrected chi connectivity index (χ2v) is 2.82. The average Bonchev–Trinajstić information content (AvgIpc) is 2.58. The lowest BCUT2D eigenvalue weighted by Gasteiger charge is -1.89. The van der Waals surface area contributed by atoms with Crippen molar-refractivity contribution in [2.24, 2.45) is 0 Å². The summed E-state index contributed by atoms with van der Waals surface area (Å²) >= 11 is 1.51. The van der Waals surface area contributed by atoms with Crippen molar-refractivity contribution >= 4 is 11.3 Å². The van der Waals surface area contributed by atoms with Gasteiger partial charge in [0.15, 0.2) is 0 Å². The number of aromatic nitrogens is 3. The van der Waals surface area contributed by atoms with Crippen molar-refractivity contribution in [3.05, 3.63) is 30.0 Å². The van der Waals surface area contributed by atoms with Crippen LogP contribution in [0.2, 0.25) is 0 Å². The van der Waals surface area contributed by atoms with Gasteiger partial charge in [0.2, 0.25) is 0 Å². The fourth-order valence-corrected chi connectivity index (χ4v) is 1.33. The summed E-state index contributed by atoms with van der Waals surface area (Å²) in [7, 11) is 0. The van der Waals surface area contributed by atoms with Gasteiger partial charge in [-0.3, -0.25) is 4.98 Å². The van der Waals surface area contributed by atoms with Crippen LogP contribution in [0.3, 0.4) is 0 Å². The van der Waals surface area contributed by atoms with E-state index in [1.54, 1.807) is 17.9 Å². The third-order valence-electron chi connectivity index (χ3n) is 1.27. The second-order valence-electron chi connectivity index (χ2n) is 1.99. The fraction of sp³-hybridized carbons (Fsp3) is 0. The Morgan fingerprint density at radius 1 is 1.36 bits per heavy atom. The average molecular weight is 163 g/mol. The van der Waals surface area contributed by atoms with Crippen LogP contribution in [0.1, 0.15) is 0 Å². The van der Waals surface area contributed by atoms with Gasteiger partial charge < -0.3 is 0 Å². The number of hydrogen-bond acceptors (Lipinski definition) is 4. The van der Waals surface area contributed by atoms with Crippen molar-refractivity contribution < 1.29 is 0 Å². The maximum Gasteiger partial charge on any atom is 0.149 e. The van der Waals surface area contributed by atoms with E-state index in [9.17, 15) is 0 Å². The van der Waals surface area contributed by atoms with Gasteiger partial charge in [-0.15, -0.1) is 10.2 Å². The smallest absolute Gasteiger partial charge is 0.149 e. The zero-order valence-electron chi connectivity index (χ0n) is 5.64. The predicted molar refractivity (Wildman–Crippen MR) is 43.1 cm³/mol. The van der Waals surface area contributed by atoms with Gasteiger partial charge in [-0.05, 0) is 12.1 Å². The molecule has 2 heterocycles. The Morgan fingerprint density at radius 3 is 3.00 bits per heavy atom. The van der Waals surface area contributed by atoms with E-state index in [1.807, 2.05) is 12.1 Å². The van der Waals surface area contributed by atoms with Gasteiger partial charge in [0.1, 0.15) is 10.5 Å². The molecule has 0 aliphatic rings. The molecule has 0 aliphatic carbocycles. The highest BCUT2D eigenvalue weighted by Gasteiger charge is 1.98. The van der Waals surface area contributed by atoms with Crippen LogP contribution in [-0.4, -0.2) is 15.2 Å². The minimum Gasteiger partial charge on any atom is -0.264 e. The molecule has 0 atom stereocenters. The molecule has 0 radical (unpaired) electrons. The molecule has 2 aromatic rings. The van der Waals surface area contributed by atoms with Crippen molar-refractivity contribution in [1.82, 2.24) is 15.2 Å². The van der Waals surface area contributed by atoms with Crippen molar-refractivity contribution in [3.63, 3.8) is 0 Å². The van der Waals surface area contributed by atoms with Crippen LogP contribution in [0.4, 0.5) is 0 Å². The summed E-state index contributed by atoms with van der Waals surface area (Å²) in [6.07, 6.45) is 3.52. The van der Waals surface area contributed by atoms with Crippen LogP contribution in [0.15, 0.2) is 30.0 Å². The van der Waals surface area contributed by atoms with Crippen molar-refractivity contribution in [3.8, 4) is 10.6 Å². The Morgan fingerprint density at radius 2 is 2.36 bits per heavy atom. The molecule has 3 nitrogen and oxygen atoms in total. The molecule has 0 spiro atoms. The molecule has 2 aromatic heterocycles.